The number of hydrogen-bond acceptors (Lipinski definition) is 2. The molecule has 2 aromatic carbocycles. The lowest BCUT2D eigenvalue weighted by atomic mass is 9.57. The van der Waals surface area contributed by atoms with Gasteiger partial charge in [-0.15, -0.1) is 0 Å². The van der Waals surface area contributed by atoms with Crippen LogP contribution in [0.5, 0.6) is 0 Å². The summed E-state index contributed by atoms with van der Waals surface area (Å²) >= 11 is 13.1. The molecule has 0 bridgehead atoms. The van der Waals surface area contributed by atoms with Crippen LogP contribution in [0, 0.1) is 12.3 Å². The Bertz CT molecular complexity index is 1420. The van der Waals surface area contributed by atoms with Crippen molar-refractivity contribution in [3.8, 4) is 0 Å². The fourth-order valence-corrected chi connectivity index (χ4v) is 5.93. The third-order valence-electron chi connectivity index (χ3n) is 7.59. The zero-order valence-electron chi connectivity index (χ0n) is 18.8. The average Bonchev–Trinajstić information content (AvgIpc) is 3.07. The first-order valence-electron chi connectivity index (χ1n) is 11.0. The van der Waals surface area contributed by atoms with Crippen LogP contribution in [0.2, 0.25) is 10.0 Å². The minimum Gasteiger partial charge on any atom is -0.481 e. The van der Waals surface area contributed by atoms with Gasteiger partial charge in [-0.05, 0) is 61.2 Å². The molecule has 1 amide bonds. The molecule has 1 N–H and O–H groups in total. The van der Waals surface area contributed by atoms with Crippen LogP contribution in [0.3, 0.4) is 0 Å². The molecule has 0 spiro atoms. The summed E-state index contributed by atoms with van der Waals surface area (Å²) in [6.07, 6.45) is -3.08. The van der Waals surface area contributed by atoms with Gasteiger partial charge in [0.1, 0.15) is 5.41 Å². The molecule has 1 aliphatic carbocycles. The summed E-state index contributed by atoms with van der Waals surface area (Å²) in [7, 11) is 1.68. The van der Waals surface area contributed by atoms with Crippen LogP contribution in [-0.2, 0) is 24.4 Å². The third kappa shape index (κ3) is 3.52. The molecule has 1 saturated heterocycles. The molecule has 1 saturated carbocycles. The number of nitrogens with zero attached hydrogens (tertiary/aromatic N) is 2. The molecule has 184 valence electrons. The number of carbonyl (C=O) groups excluding carboxylic acids is 1. The van der Waals surface area contributed by atoms with Crippen molar-refractivity contribution in [2.75, 3.05) is 6.54 Å². The summed E-state index contributed by atoms with van der Waals surface area (Å²) in [6.45, 7) is 1.77. The molecule has 5 rings (SSSR count). The van der Waals surface area contributed by atoms with Gasteiger partial charge in [-0.3, -0.25) is 9.59 Å². The van der Waals surface area contributed by atoms with Crippen LogP contribution >= 0.6 is 23.2 Å². The molecule has 0 radical (unpaired) electrons. The van der Waals surface area contributed by atoms with E-state index in [0.29, 0.717) is 45.6 Å². The fourth-order valence-electron chi connectivity index (χ4n) is 5.35. The second-order valence-corrected chi connectivity index (χ2v) is 10.2. The number of aryl methyl sites for hydroxylation is 2. The first kappa shape index (κ1) is 24.0. The highest BCUT2D eigenvalue weighted by atomic mass is 35.5. The normalized spacial score (nSPS) is 21.5. The standard InChI is InChI=1S/C25H21Cl2F3N2O3/c1-12-7-13(25(28,29)30)8-19-16(12)9-14(31(19)2)10-17-18(26)4-3-15(21(17)27)22(33)32-11-24(23(34)35)6-5-20(24)32/h3-4,7-9,20H,5-6,10-11H2,1-2H3,(H,34,35)/t20?,24-/m0/s1. The molecule has 5 nitrogen and oxygen atoms in total. The number of rotatable bonds is 4. The van der Waals surface area contributed by atoms with Gasteiger partial charge in [-0.2, -0.15) is 13.2 Å². The predicted molar refractivity (Wildman–Crippen MR) is 126 cm³/mol. The van der Waals surface area contributed by atoms with Crippen molar-refractivity contribution >= 4 is 46.0 Å². The molecule has 1 unspecified atom stereocenters. The van der Waals surface area contributed by atoms with Crippen LogP contribution < -0.4 is 0 Å². The van der Waals surface area contributed by atoms with Crippen LogP contribution in [-0.4, -0.2) is 39.0 Å². The van der Waals surface area contributed by atoms with E-state index in [-0.39, 0.29) is 35.5 Å². The number of hydrogen-bond donors (Lipinski definition) is 1. The molecule has 1 aromatic heterocycles. The minimum absolute atomic E-state index is 0.143. The van der Waals surface area contributed by atoms with E-state index < -0.39 is 23.1 Å². The van der Waals surface area contributed by atoms with Crippen LogP contribution in [0.25, 0.3) is 10.9 Å². The van der Waals surface area contributed by atoms with E-state index in [2.05, 4.69) is 0 Å². The Morgan fingerprint density at radius 3 is 2.49 bits per heavy atom. The number of benzene rings is 2. The Morgan fingerprint density at radius 1 is 1.20 bits per heavy atom. The largest absolute Gasteiger partial charge is 0.481 e. The number of carboxylic acids is 1. The number of carboxylic acid groups (broad SMARTS) is 1. The van der Waals surface area contributed by atoms with Gasteiger partial charge in [-0.25, -0.2) is 0 Å². The number of halogens is 5. The lowest BCUT2D eigenvalue weighted by Gasteiger charge is -2.62. The molecule has 1 aliphatic heterocycles. The highest BCUT2D eigenvalue weighted by Gasteiger charge is 2.65. The number of aliphatic carboxylic acids is 1. The maximum Gasteiger partial charge on any atom is 0.416 e. The van der Waals surface area contributed by atoms with E-state index in [9.17, 15) is 27.9 Å². The molecular formula is C25H21Cl2F3N2O3. The topological polar surface area (TPSA) is 62.5 Å². The summed E-state index contributed by atoms with van der Waals surface area (Å²) in [6, 6.07) is 6.79. The van der Waals surface area contributed by atoms with Crippen LogP contribution in [0.4, 0.5) is 13.2 Å². The van der Waals surface area contributed by atoms with Crippen molar-refractivity contribution in [3.63, 3.8) is 0 Å². The molecule has 2 heterocycles. The number of fused-ring (bicyclic) bond motifs is 2. The predicted octanol–water partition coefficient (Wildman–Crippen LogP) is 6.09. The van der Waals surface area contributed by atoms with Gasteiger partial charge < -0.3 is 14.6 Å². The van der Waals surface area contributed by atoms with Crippen molar-refractivity contribution in [1.29, 1.82) is 0 Å². The van der Waals surface area contributed by atoms with Gasteiger partial charge in [0, 0.05) is 47.7 Å². The van der Waals surface area contributed by atoms with E-state index in [1.807, 2.05) is 0 Å². The zero-order valence-corrected chi connectivity index (χ0v) is 20.4. The SMILES string of the molecule is Cc1cc(C(F)(F)F)cc2c1cc(Cc1c(Cl)ccc(C(=O)N3C[C@@]4(C(=O)O)CCC34)c1Cl)n2C. The van der Waals surface area contributed by atoms with Gasteiger partial charge in [0.05, 0.1) is 16.1 Å². The van der Waals surface area contributed by atoms with E-state index in [1.54, 1.807) is 30.7 Å². The first-order chi connectivity index (χ1) is 16.3. The first-order valence-corrected chi connectivity index (χ1v) is 11.8. The van der Waals surface area contributed by atoms with Crippen molar-refractivity contribution in [3.05, 3.63) is 68.3 Å². The van der Waals surface area contributed by atoms with E-state index >= 15 is 0 Å². The summed E-state index contributed by atoms with van der Waals surface area (Å²) in [5, 5.41) is 10.7. The van der Waals surface area contributed by atoms with Crippen LogP contribution in [0.15, 0.2) is 30.3 Å². The van der Waals surface area contributed by atoms with Crippen LogP contribution in [0.1, 0.15) is 45.6 Å². The lowest BCUT2D eigenvalue weighted by molar-refractivity contribution is -0.185. The smallest absolute Gasteiger partial charge is 0.416 e. The molecular weight excluding hydrogens is 504 g/mol. The van der Waals surface area contributed by atoms with Gasteiger partial charge in [0.2, 0.25) is 0 Å². The third-order valence-corrected chi connectivity index (χ3v) is 8.37. The molecule has 2 fully saturated rings. The van der Waals surface area contributed by atoms with Gasteiger partial charge >= 0.3 is 12.1 Å². The molecule has 10 heteroatoms. The number of piperidine rings is 1. The number of amides is 1. The Balaban J connectivity index is 1.48. The monoisotopic (exact) mass is 524 g/mol. The highest BCUT2D eigenvalue weighted by molar-refractivity contribution is 6.38. The van der Waals surface area contributed by atoms with Gasteiger partial charge in [0.25, 0.3) is 5.91 Å². The van der Waals surface area contributed by atoms with Gasteiger partial charge in [-0.1, -0.05) is 23.2 Å². The average molecular weight is 525 g/mol. The summed E-state index contributed by atoms with van der Waals surface area (Å²) < 4.78 is 41.6. The summed E-state index contributed by atoms with van der Waals surface area (Å²) in [4.78, 5) is 26.3. The van der Waals surface area contributed by atoms with Crippen molar-refractivity contribution < 1.29 is 27.9 Å². The van der Waals surface area contributed by atoms with Crippen molar-refractivity contribution in [2.24, 2.45) is 12.5 Å². The Labute approximate surface area is 209 Å². The Morgan fingerprint density at radius 2 is 1.91 bits per heavy atom. The van der Waals surface area contributed by atoms with Crippen molar-refractivity contribution in [2.45, 2.75) is 38.4 Å². The lowest BCUT2D eigenvalue weighted by Crippen LogP contribution is -2.74. The molecule has 3 aromatic rings. The number of likely N-dealkylation sites (tertiary alicyclic amines) is 1. The fraction of sp³-hybridized carbons (Fsp3) is 0.360. The second kappa shape index (κ2) is 7.90. The summed E-state index contributed by atoms with van der Waals surface area (Å²) in [5.74, 6) is -1.24. The number of carbonyl (C=O) groups is 2. The number of aromatic nitrogens is 1. The maximum absolute atomic E-state index is 13.3. The van der Waals surface area contributed by atoms with E-state index in [1.165, 1.54) is 11.0 Å². The minimum atomic E-state index is -4.46. The molecule has 2 aliphatic rings. The maximum atomic E-state index is 13.3. The summed E-state index contributed by atoms with van der Waals surface area (Å²) in [5.41, 5.74) is 0.753. The molecule has 35 heavy (non-hydrogen) atoms. The second-order valence-electron chi connectivity index (χ2n) is 9.43. The van der Waals surface area contributed by atoms with Gasteiger partial charge in [0.15, 0.2) is 0 Å². The van der Waals surface area contributed by atoms with Crippen molar-refractivity contribution in [1.82, 2.24) is 9.47 Å². The highest BCUT2D eigenvalue weighted by Crippen LogP contribution is 2.54. The Hall–Kier alpha value is -2.71. The quantitative estimate of drug-likeness (QED) is 0.449. The molecule has 2 atom stereocenters. The van der Waals surface area contributed by atoms with E-state index in [4.69, 9.17) is 23.2 Å². The van der Waals surface area contributed by atoms with E-state index in [0.717, 1.165) is 12.1 Å². The number of alkyl halides is 3. The Kier molecular flexibility index (Phi) is 5.42. The zero-order chi connectivity index (χ0) is 25.4.